The second-order valence-corrected chi connectivity index (χ2v) is 7.87. The van der Waals surface area contributed by atoms with Crippen LogP contribution in [0.4, 0.5) is 5.69 Å². The van der Waals surface area contributed by atoms with Crippen molar-refractivity contribution in [3.63, 3.8) is 0 Å². The summed E-state index contributed by atoms with van der Waals surface area (Å²) in [4.78, 5) is 35.4. The standard InChI is InChI=1S/C21H29N5O3/c1-29-19-6-4-17(5-7-19)25-9-11-26(12-10-25)18-3-2-8-24(15-18)14-16-13-20(27)23-21(28)22-16/h4-7,13,18H,2-3,8-12,14-15H2,1H3,(H2,22,23,27,28)/t18-/m1/s1. The summed E-state index contributed by atoms with van der Waals surface area (Å²) in [5.74, 6) is 0.886. The summed E-state index contributed by atoms with van der Waals surface area (Å²) in [5.41, 5.74) is 1.15. The molecule has 0 aliphatic carbocycles. The van der Waals surface area contributed by atoms with Gasteiger partial charge in [0, 0.05) is 62.8 Å². The maximum atomic E-state index is 11.5. The molecule has 0 radical (unpaired) electrons. The molecule has 29 heavy (non-hydrogen) atoms. The van der Waals surface area contributed by atoms with Crippen LogP contribution in [0.3, 0.4) is 0 Å². The molecule has 2 fully saturated rings. The fourth-order valence-electron chi connectivity index (χ4n) is 4.46. The van der Waals surface area contributed by atoms with E-state index in [9.17, 15) is 9.59 Å². The van der Waals surface area contributed by atoms with Crippen LogP contribution in [-0.2, 0) is 6.54 Å². The van der Waals surface area contributed by atoms with Crippen molar-refractivity contribution in [3.05, 3.63) is 56.9 Å². The average Bonchev–Trinajstić information content (AvgIpc) is 2.73. The number of H-pyrrole nitrogens is 2. The lowest BCUT2D eigenvalue weighted by Gasteiger charge is -2.44. The average molecular weight is 399 g/mol. The Morgan fingerprint density at radius 1 is 1.03 bits per heavy atom. The van der Waals surface area contributed by atoms with Gasteiger partial charge in [-0.05, 0) is 43.7 Å². The van der Waals surface area contributed by atoms with Gasteiger partial charge in [0.2, 0.25) is 0 Å². The predicted octanol–water partition coefficient (Wildman–Crippen LogP) is 0.858. The zero-order chi connectivity index (χ0) is 20.2. The van der Waals surface area contributed by atoms with Crippen LogP contribution in [0.2, 0.25) is 0 Å². The van der Waals surface area contributed by atoms with Gasteiger partial charge in [-0.1, -0.05) is 0 Å². The first-order chi connectivity index (χ1) is 14.1. The molecule has 1 atom stereocenters. The van der Waals surface area contributed by atoms with Gasteiger partial charge in [-0.15, -0.1) is 0 Å². The van der Waals surface area contributed by atoms with Gasteiger partial charge < -0.3 is 14.6 Å². The number of rotatable bonds is 5. The number of hydrogen-bond donors (Lipinski definition) is 2. The number of likely N-dealkylation sites (tertiary alicyclic amines) is 1. The van der Waals surface area contributed by atoms with Gasteiger partial charge in [-0.25, -0.2) is 4.79 Å². The van der Waals surface area contributed by atoms with E-state index in [0.717, 1.165) is 51.4 Å². The molecule has 0 bridgehead atoms. The third kappa shape index (κ3) is 4.89. The Bertz CT molecular complexity index is 887. The lowest BCUT2D eigenvalue weighted by atomic mass is 10.0. The summed E-state index contributed by atoms with van der Waals surface area (Å²) >= 11 is 0. The molecule has 3 heterocycles. The molecule has 4 rings (SSSR count). The Morgan fingerprint density at radius 2 is 1.79 bits per heavy atom. The van der Waals surface area contributed by atoms with E-state index in [1.807, 2.05) is 12.1 Å². The highest BCUT2D eigenvalue weighted by Gasteiger charge is 2.28. The van der Waals surface area contributed by atoms with Crippen molar-refractivity contribution < 1.29 is 4.74 Å². The number of anilines is 1. The van der Waals surface area contributed by atoms with Gasteiger partial charge >= 0.3 is 5.69 Å². The van der Waals surface area contributed by atoms with Gasteiger partial charge in [0.25, 0.3) is 5.56 Å². The van der Waals surface area contributed by atoms with Crippen LogP contribution < -0.4 is 20.9 Å². The van der Waals surface area contributed by atoms with E-state index >= 15 is 0 Å². The fourth-order valence-corrected chi connectivity index (χ4v) is 4.46. The van der Waals surface area contributed by atoms with Gasteiger partial charge in [-0.3, -0.25) is 19.6 Å². The Kier molecular flexibility index (Phi) is 6.01. The van der Waals surface area contributed by atoms with Crippen LogP contribution >= 0.6 is 0 Å². The van der Waals surface area contributed by atoms with Crippen molar-refractivity contribution in [1.82, 2.24) is 19.8 Å². The predicted molar refractivity (Wildman–Crippen MR) is 113 cm³/mol. The van der Waals surface area contributed by atoms with Crippen LogP contribution in [-0.4, -0.2) is 72.2 Å². The number of aromatic nitrogens is 2. The van der Waals surface area contributed by atoms with E-state index in [4.69, 9.17) is 4.74 Å². The molecule has 0 spiro atoms. The second kappa shape index (κ2) is 8.84. The van der Waals surface area contributed by atoms with Gasteiger partial charge in [-0.2, -0.15) is 0 Å². The monoisotopic (exact) mass is 399 g/mol. The lowest BCUT2D eigenvalue weighted by molar-refractivity contribution is 0.0880. The molecule has 0 amide bonds. The molecule has 2 aliphatic heterocycles. The van der Waals surface area contributed by atoms with Crippen molar-refractivity contribution in [2.75, 3.05) is 51.3 Å². The van der Waals surface area contributed by atoms with Crippen molar-refractivity contribution in [2.24, 2.45) is 0 Å². The summed E-state index contributed by atoms with van der Waals surface area (Å²) in [5, 5.41) is 0. The minimum atomic E-state index is -0.435. The summed E-state index contributed by atoms with van der Waals surface area (Å²) in [6.45, 7) is 6.71. The largest absolute Gasteiger partial charge is 0.497 e. The first-order valence-corrected chi connectivity index (χ1v) is 10.3. The minimum absolute atomic E-state index is 0.341. The molecule has 1 aromatic carbocycles. The molecule has 0 saturated carbocycles. The van der Waals surface area contributed by atoms with Gasteiger partial charge in [0.05, 0.1) is 7.11 Å². The molecule has 2 aromatic rings. The van der Waals surface area contributed by atoms with Crippen molar-refractivity contribution in [2.45, 2.75) is 25.4 Å². The topological polar surface area (TPSA) is 84.7 Å². The molecule has 2 saturated heterocycles. The lowest BCUT2D eigenvalue weighted by Crippen LogP contribution is -2.55. The van der Waals surface area contributed by atoms with Crippen LogP contribution in [0, 0.1) is 0 Å². The van der Waals surface area contributed by atoms with Crippen LogP contribution in [0.15, 0.2) is 39.9 Å². The zero-order valence-electron chi connectivity index (χ0n) is 16.9. The molecule has 0 unspecified atom stereocenters. The fraction of sp³-hybridized carbons (Fsp3) is 0.524. The molecule has 2 aliphatic rings. The molecule has 8 heteroatoms. The summed E-state index contributed by atoms with van der Waals surface area (Å²) in [6.07, 6.45) is 2.34. The second-order valence-electron chi connectivity index (χ2n) is 7.87. The number of hydrogen-bond acceptors (Lipinski definition) is 6. The number of nitrogens with one attached hydrogen (secondary N) is 2. The van der Waals surface area contributed by atoms with E-state index in [1.54, 1.807) is 7.11 Å². The van der Waals surface area contributed by atoms with E-state index in [1.165, 1.54) is 18.2 Å². The number of ether oxygens (including phenoxy) is 1. The summed E-state index contributed by atoms with van der Waals surface area (Å²) in [6, 6.07) is 10.3. The maximum Gasteiger partial charge on any atom is 0.325 e. The molecule has 156 valence electrons. The minimum Gasteiger partial charge on any atom is -0.497 e. The van der Waals surface area contributed by atoms with Crippen molar-refractivity contribution >= 4 is 5.69 Å². The highest BCUT2D eigenvalue weighted by molar-refractivity contribution is 5.49. The summed E-state index contributed by atoms with van der Waals surface area (Å²) in [7, 11) is 1.69. The Labute approximate surface area is 170 Å². The van der Waals surface area contributed by atoms with Crippen LogP contribution in [0.25, 0.3) is 0 Å². The number of piperidine rings is 1. The van der Waals surface area contributed by atoms with E-state index in [0.29, 0.717) is 18.3 Å². The smallest absolute Gasteiger partial charge is 0.325 e. The highest BCUT2D eigenvalue weighted by Crippen LogP contribution is 2.23. The zero-order valence-corrected chi connectivity index (χ0v) is 16.9. The van der Waals surface area contributed by atoms with Crippen molar-refractivity contribution in [1.29, 1.82) is 0 Å². The number of benzene rings is 1. The normalized spacial score (nSPS) is 21.3. The number of nitrogens with zero attached hydrogens (tertiary/aromatic N) is 3. The van der Waals surface area contributed by atoms with E-state index < -0.39 is 5.69 Å². The van der Waals surface area contributed by atoms with Gasteiger partial charge in [0.1, 0.15) is 5.75 Å². The molecular weight excluding hydrogens is 370 g/mol. The SMILES string of the molecule is COc1ccc(N2CCN([C@@H]3CCCN(Cc4cc(=O)[nH]c(=O)[nH]4)C3)CC2)cc1. The molecule has 1 aromatic heterocycles. The quantitative estimate of drug-likeness (QED) is 0.776. The molecular formula is C21H29N5O3. The first kappa shape index (κ1) is 19.7. The van der Waals surface area contributed by atoms with E-state index in [2.05, 4.69) is 36.8 Å². The van der Waals surface area contributed by atoms with Crippen molar-refractivity contribution in [3.8, 4) is 5.75 Å². The maximum absolute atomic E-state index is 11.5. The first-order valence-electron chi connectivity index (χ1n) is 10.3. The van der Waals surface area contributed by atoms with Crippen LogP contribution in [0.5, 0.6) is 5.75 Å². The molecule has 2 N–H and O–H groups in total. The Hall–Kier alpha value is -2.58. The van der Waals surface area contributed by atoms with Gasteiger partial charge in [0.15, 0.2) is 0 Å². The number of aromatic amines is 2. The molecule has 8 nitrogen and oxygen atoms in total. The Morgan fingerprint density at radius 3 is 2.48 bits per heavy atom. The number of methoxy groups -OCH3 is 1. The highest BCUT2D eigenvalue weighted by atomic mass is 16.5. The third-order valence-electron chi connectivity index (χ3n) is 5.96. The Balaban J connectivity index is 1.32. The number of piperazine rings is 1. The van der Waals surface area contributed by atoms with Crippen LogP contribution in [0.1, 0.15) is 18.5 Å². The summed E-state index contributed by atoms with van der Waals surface area (Å²) < 4.78 is 5.25. The third-order valence-corrected chi connectivity index (χ3v) is 5.96. The van der Waals surface area contributed by atoms with E-state index in [-0.39, 0.29) is 5.56 Å².